The molecule has 1 heterocycles. The largest absolute Gasteiger partial charge is 0.493 e. The number of ketones is 1. The number of rotatable bonds is 6. The molecule has 0 fully saturated rings. The molecule has 0 amide bonds. The lowest BCUT2D eigenvalue weighted by molar-refractivity contribution is -0.114. The average molecular weight is 397 g/mol. The van der Waals surface area contributed by atoms with E-state index in [9.17, 15) is 4.79 Å². The molecule has 3 rings (SSSR count). The van der Waals surface area contributed by atoms with Gasteiger partial charge in [-0.15, -0.1) is 0 Å². The van der Waals surface area contributed by atoms with Crippen molar-refractivity contribution in [2.24, 2.45) is 0 Å². The molecule has 6 heteroatoms. The van der Waals surface area contributed by atoms with Crippen LogP contribution in [0.3, 0.4) is 0 Å². The minimum absolute atomic E-state index is 0.0128. The standard InChI is InChI=1S/C22H24N2O3S/c1-14-19(15(2)25)20(23-22(28)24(14)3)17-11-8-12-18(26-4)21(17)27-13-16-9-6-5-7-10-16/h5-12,20H,13H2,1-4H3,(H,23,28). The molecule has 28 heavy (non-hydrogen) atoms. The Morgan fingerprint density at radius 1 is 1.18 bits per heavy atom. The van der Waals surface area contributed by atoms with Crippen LogP contribution in [0.25, 0.3) is 0 Å². The number of hydrogen-bond acceptors (Lipinski definition) is 4. The molecule has 0 aliphatic carbocycles. The van der Waals surface area contributed by atoms with Crippen LogP contribution in [0.1, 0.15) is 31.0 Å². The molecule has 0 aromatic heterocycles. The van der Waals surface area contributed by atoms with Gasteiger partial charge in [0.25, 0.3) is 0 Å². The maximum absolute atomic E-state index is 12.5. The van der Waals surface area contributed by atoms with Crippen LogP contribution in [0.5, 0.6) is 11.5 Å². The minimum atomic E-state index is -0.401. The molecular weight excluding hydrogens is 372 g/mol. The SMILES string of the molecule is COc1cccc(C2NC(=S)N(C)C(C)=C2C(C)=O)c1OCc1ccccc1. The van der Waals surface area contributed by atoms with Gasteiger partial charge in [-0.25, -0.2) is 0 Å². The Kier molecular flexibility index (Phi) is 5.99. The zero-order chi connectivity index (χ0) is 20.3. The van der Waals surface area contributed by atoms with Crippen molar-refractivity contribution in [1.82, 2.24) is 10.2 Å². The zero-order valence-electron chi connectivity index (χ0n) is 16.5. The summed E-state index contributed by atoms with van der Waals surface area (Å²) in [4.78, 5) is 14.3. The van der Waals surface area contributed by atoms with E-state index in [1.54, 1.807) is 14.0 Å². The Balaban J connectivity index is 2.05. The molecule has 0 saturated carbocycles. The highest BCUT2D eigenvalue weighted by molar-refractivity contribution is 7.80. The Morgan fingerprint density at radius 2 is 1.89 bits per heavy atom. The maximum atomic E-state index is 12.5. The van der Waals surface area contributed by atoms with Crippen LogP contribution in [0, 0.1) is 0 Å². The Bertz CT molecular complexity index is 925. The predicted molar refractivity (Wildman–Crippen MR) is 113 cm³/mol. The fraction of sp³-hybridized carbons (Fsp3) is 0.273. The summed E-state index contributed by atoms with van der Waals surface area (Å²) in [6.45, 7) is 3.87. The molecule has 2 aromatic carbocycles. The van der Waals surface area contributed by atoms with Gasteiger partial charge >= 0.3 is 0 Å². The number of carbonyl (C=O) groups excluding carboxylic acids is 1. The van der Waals surface area contributed by atoms with E-state index in [0.29, 0.717) is 28.8 Å². The van der Waals surface area contributed by atoms with Crippen LogP contribution >= 0.6 is 12.2 Å². The van der Waals surface area contributed by atoms with Crippen molar-refractivity contribution >= 4 is 23.1 Å². The van der Waals surface area contributed by atoms with Crippen molar-refractivity contribution in [3.05, 3.63) is 70.9 Å². The Morgan fingerprint density at radius 3 is 2.54 bits per heavy atom. The first-order valence-corrected chi connectivity index (χ1v) is 9.44. The van der Waals surface area contributed by atoms with E-state index in [2.05, 4.69) is 5.32 Å². The second kappa shape index (κ2) is 8.44. The number of allylic oxidation sites excluding steroid dienone is 1. The summed E-state index contributed by atoms with van der Waals surface area (Å²) >= 11 is 5.46. The summed E-state index contributed by atoms with van der Waals surface area (Å²) < 4.78 is 11.7. The van der Waals surface area contributed by atoms with Crippen molar-refractivity contribution in [2.45, 2.75) is 26.5 Å². The highest BCUT2D eigenvalue weighted by Gasteiger charge is 2.33. The van der Waals surface area contributed by atoms with Gasteiger partial charge in [0.2, 0.25) is 0 Å². The van der Waals surface area contributed by atoms with Crippen molar-refractivity contribution < 1.29 is 14.3 Å². The second-order valence-corrected chi connectivity index (χ2v) is 7.04. The lowest BCUT2D eigenvalue weighted by Gasteiger charge is -2.36. The number of Topliss-reactive ketones (excluding diaryl/α,β-unsaturated/α-hetero) is 1. The Hall–Kier alpha value is -2.86. The van der Waals surface area contributed by atoms with Crippen molar-refractivity contribution in [2.75, 3.05) is 14.2 Å². The lowest BCUT2D eigenvalue weighted by atomic mass is 9.92. The first-order chi connectivity index (χ1) is 13.4. The fourth-order valence-corrected chi connectivity index (χ4v) is 3.59. The van der Waals surface area contributed by atoms with Gasteiger partial charge in [-0.3, -0.25) is 4.79 Å². The third-order valence-electron chi connectivity index (χ3n) is 4.90. The molecule has 146 valence electrons. The van der Waals surface area contributed by atoms with E-state index in [-0.39, 0.29) is 5.78 Å². The molecule has 1 unspecified atom stereocenters. The minimum Gasteiger partial charge on any atom is -0.493 e. The molecule has 0 spiro atoms. The molecule has 5 nitrogen and oxygen atoms in total. The molecule has 0 bridgehead atoms. The van der Waals surface area contributed by atoms with Crippen molar-refractivity contribution in [3.8, 4) is 11.5 Å². The summed E-state index contributed by atoms with van der Waals surface area (Å²) in [6.07, 6.45) is 0. The van der Waals surface area contributed by atoms with E-state index >= 15 is 0 Å². The monoisotopic (exact) mass is 396 g/mol. The quantitative estimate of drug-likeness (QED) is 0.745. The van der Waals surface area contributed by atoms with E-state index < -0.39 is 6.04 Å². The summed E-state index contributed by atoms with van der Waals surface area (Å²) in [5.74, 6) is 1.20. The fourth-order valence-electron chi connectivity index (χ4n) is 3.33. The smallest absolute Gasteiger partial charge is 0.173 e. The van der Waals surface area contributed by atoms with E-state index in [1.165, 1.54) is 0 Å². The number of methoxy groups -OCH3 is 1. The number of nitrogens with zero attached hydrogens (tertiary/aromatic N) is 1. The van der Waals surface area contributed by atoms with Gasteiger partial charge in [0.15, 0.2) is 22.4 Å². The van der Waals surface area contributed by atoms with Crippen LogP contribution in [-0.2, 0) is 11.4 Å². The summed E-state index contributed by atoms with van der Waals surface area (Å²) in [5, 5.41) is 3.84. The number of thiocarbonyl (C=S) groups is 1. The summed E-state index contributed by atoms with van der Waals surface area (Å²) in [6, 6.07) is 15.2. The van der Waals surface area contributed by atoms with Gasteiger partial charge in [-0.05, 0) is 37.7 Å². The maximum Gasteiger partial charge on any atom is 0.173 e. The summed E-state index contributed by atoms with van der Waals surface area (Å²) in [7, 11) is 3.45. The van der Waals surface area contributed by atoms with Crippen molar-refractivity contribution in [3.63, 3.8) is 0 Å². The van der Waals surface area contributed by atoms with Crippen LogP contribution < -0.4 is 14.8 Å². The van der Waals surface area contributed by atoms with Crippen molar-refractivity contribution in [1.29, 1.82) is 0 Å². The van der Waals surface area contributed by atoms with Crippen LogP contribution in [-0.4, -0.2) is 30.0 Å². The van der Waals surface area contributed by atoms with E-state index in [1.807, 2.05) is 67.4 Å². The number of nitrogens with one attached hydrogen (secondary N) is 1. The number of benzene rings is 2. The van der Waals surface area contributed by atoms with Gasteiger partial charge < -0.3 is 19.7 Å². The molecule has 1 aliphatic rings. The number of ether oxygens (including phenoxy) is 2. The van der Waals surface area contributed by atoms with Gasteiger partial charge in [0.05, 0.1) is 13.2 Å². The topological polar surface area (TPSA) is 50.8 Å². The predicted octanol–water partition coefficient (Wildman–Crippen LogP) is 4.00. The average Bonchev–Trinajstić information content (AvgIpc) is 2.70. The Labute approximate surface area is 170 Å². The van der Waals surface area contributed by atoms with Gasteiger partial charge in [0, 0.05) is 23.9 Å². The molecule has 0 saturated heterocycles. The summed E-state index contributed by atoms with van der Waals surface area (Å²) in [5.41, 5.74) is 3.35. The molecule has 2 aromatic rings. The first kappa shape index (κ1) is 19.9. The molecule has 1 N–H and O–H groups in total. The first-order valence-electron chi connectivity index (χ1n) is 9.03. The van der Waals surface area contributed by atoms with Gasteiger partial charge in [-0.2, -0.15) is 0 Å². The highest BCUT2D eigenvalue weighted by atomic mass is 32.1. The van der Waals surface area contributed by atoms with Crippen LogP contribution in [0.4, 0.5) is 0 Å². The number of para-hydroxylation sites is 1. The molecular formula is C22H24N2O3S. The second-order valence-electron chi connectivity index (χ2n) is 6.65. The van der Waals surface area contributed by atoms with E-state index in [0.717, 1.165) is 16.8 Å². The van der Waals surface area contributed by atoms with Gasteiger partial charge in [0.1, 0.15) is 6.61 Å². The normalized spacial score (nSPS) is 16.6. The third kappa shape index (κ3) is 3.87. The lowest BCUT2D eigenvalue weighted by Crippen LogP contribution is -2.45. The van der Waals surface area contributed by atoms with Crippen LogP contribution in [0.2, 0.25) is 0 Å². The zero-order valence-corrected chi connectivity index (χ0v) is 17.3. The van der Waals surface area contributed by atoms with Gasteiger partial charge in [-0.1, -0.05) is 42.5 Å². The highest BCUT2D eigenvalue weighted by Crippen LogP contribution is 2.40. The number of carbonyl (C=O) groups is 1. The number of hydrogen-bond donors (Lipinski definition) is 1. The molecule has 1 aliphatic heterocycles. The molecule has 0 radical (unpaired) electrons. The van der Waals surface area contributed by atoms with E-state index in [4.69, 9.17) is 21.7 Å². The third-order valence-corrected chi connectivity index (χ3v) is 5.29. The molecule has 1 atom stereocenters. The van der Waals surface area contributed by atoms with Crippen LogP contribution in [0.15, 0.2) is 59.8 Å².